The molecule has 17 heteroatoms. The number of nitrogens with one attached hydrogen (secondary N) is 2. The number of aromatic nitrogens is 4. The van der Waals surface area contributed by atoms with Crippen LogP contribution in [0.25, 0.3) is 16.9 Å². The minimum absolute atomic E-state index is 0.177. The molecule has 0 saturated carbocycles. The van der Waals surface area contributed by atoms with E-state index in [9.17, 15) is 26.4 Å². The number of hydrogen-bond donors (Lipinski definition) is 2. The van der Waals surface area contributed by atoms with Crippen LogP contribution in [0.3, 0.4) is 0 Å². The molecule has 0 aromatic carbocycles. The fraction of sp³-hybridized carbons (Fsp3) is 0.480. The highest BCUT2D eigenvalue weighted by Crippen LogP contribution is 2.38. The number of anilines is 2. The highest BCUT2D eigenvalue weighted by Gasteiger charge is 2.36. The average molecular weight is 611 g/mol. The zero-order valence-electron chi connectivity index (χ0n) is 23.1. The van der Waals surface area contributed by atoms with Crippen molar-refractivity contribution in [3.63, 3.8) is 0 Å². The first-order valence-corrected chi connectivity index (χ1v) is 15.1. The van der Waals surface area contributed by atoms with E-state index in [0.717, 1.165) is 17.8 Å². The number of amides is 2. The number of nitrogens with zero attached hydrogens (tertiary/aromatic N) is 7. The van der Waals surface area contributed by atoms with Crippen molar-refractivity contribution >= 4 is 33.2 Å². The number of alkyl halides is 3. The molecule has 0 unspecified atom stereocenters. The molecule has 2 aliphatic heterocycles. The summed E-state index contributed by atoms with van der Waals surface area (Å²) >= 11 is 0. The van der Waals surface area contributed by atoms with Crippen LogP contribution in [0.4, 0.5) is 29.6 Å². The molecule has 2 N–H and O–H groups in total. The predicted octanol–water partition coefficient (Wildman–Crippen LogP) is 2.03. The first-order chi connectivity index (χ1) is 19.9. The van der Waals surface area contributed by atoms with Gasteiger partial charge in [0.25, 0.3) is 0 Å². The smallest absolute Gasteiger partial charge is 0.378 e. The van der Waals surface area contributed by atoms with E-state index < -0.39 is 27.8 Å². The summed E-state index contributed by atoms with van der Waals surface area (Å²) in [4.78, 5) is 24.4. The number of carbonyl (C=O) groups excluding carboxylic acids is 1. The van der Waals surface area contributed by atoms with Crippen molar-refractivity contribution in [3.8, 4) is 11.4 Å². The summed E-state index contributed by atoms with van der Waals surface area (Å²) in [6.45, 7) is 7.20. The SMILES string of the molecule is CCNC(=O)Nc1cc(C(F)(F)F)c(-c2nc(N3CCOCC3)c3cc(CN4[CH]CN(S(C)(=O)=O)CC4)cn3n2)cn1. The lowest BCUT2D eigenvalue weighted by Gasteiger charge is -2.32. The number of morpholine rings is 1. The van der Waals surface area contributed by atoms with Crippen molar-refractivity contribution in [2.24, 2.45) is 0 Å². The average Bonchev–Trinajstić information content (AvgIpc) is 3.34. The van der Waals surface area contributed by atoms with Crippen molar-refractivity contribution in [2.75, 3.05) is 69.0 Å². The number of fused-ring (bicyclic) bond motifs is 1. The van der Waals surface area contributed by atoms with Crippen LogP contribution < -0.4 is 15.5 Å². The van der Waals surface area contributed by atoms with Gasteiger partial charge >= 0.3 is 12.2 Å². The van der Waals surface area contributed by atoms with Gasteiger partial charge in [0.2, 0.25) is 10.0 Å². The van der Waals surface area contributed by atoms with Gasteiger partial charge in [0.05, 0.1) is 30.6 Å². The molecule has 5 heterocycles. The minimum Gasteiger partial charge on any atom is -0.378 e. The molecular formula is C25H31F3N9O4S. The van der Waals surface area contributed by atoms with E-state index in [1.54, 1.807) is 13.1 Å². The van der Waals surface area contributed by atoms with Gasteiger partial charge in [-0.2, -0.15) is 17.5 Å². The number of piperazine rings is 1. The largest absolute Gasteiger partial charge is 0.417 e. The summed E-state index contributed by atoms with van der Waals surface area (Å²) in [5, 5.41) is 9.20. The van der Waals surface area contributed by atoms with Gasteiger partial charge in [-0.15, -0.1) is 5.10 Å². The van der Waals surface area contributed by atoms with Crippen LogP contribution in [0, 0.1) is 6.54 Å². The molecule has 3 aromatic heterocycles. The molecule has 5 rings (SSSR count). The fourth-order valence-electron chi connectivity index (χ4n) is 4.81. The van der Waals surface area contributed by atoms with Gasteiger partial charge in [0.1, 0.15) is 11.3 Å². The highest BCUT2D eigenvalue weighted by atomic mass is 32.2. The van der Waals surface area contributed by atoms with E-state index in [1.165, 1.54) is 15.1 Å². The van der Waals surface area contributed by atoms with Crippen molar-refractivity contribution < 1.29 is 31.1 Å². The first-order valence-electron chi connectivity index (χ1n) is 13.3. The molecule has 13 nitrogen and oxygen atoms in total. The van der Waals surface area contributed by atoms with Gasteiger partial charge < -0.3 is 15.0 Å². The predicted molar refractivity (Wildman–Crippen MR) is 148 cm³/mol. The Kier molecular flexibility index (Phi) is 8.54. The van der Waals surface area contributed by atoms with Gasteiger partial charge in [0.15, 0.2) is 11.6 Å². The van der Waals surface area contributed by atoms with Crippen LogP contribution >= 0.6 is 0 Å². The second-order valence-corrected chi connectivity index (χ2v) is 11.9. The Morgan fingerprint density at radius 3 is 2.55 bits per heavy atom. The molecule has 1 radical (unpaired) electrons. The van der Waals surface area contributed by atoms with Crippen molar-refractivity contribution in [1.29, 1.82) is 0 Å². The molecule has 3 aromatic rings. The van der Waals surface area contributed by atoms with E-state index in [4.69, 9.17) is 4.74 Å². The second-order valence-electron chi connectivity index (χ2n) is 9.91. The zero-order valence-corrected chi connectivity index (χ0v) is 23.9. The minimum atomic E-state index is -4.78. The van der Waals surface area contributed by atoms with E-state index >= 15 is 0 Å². The van der Waals surface area contributed by atoms with E-state index in [2.05, 4.69) is 25.7 Å². The third kappa shape index (κ3) is 6.74. The molecule has 0 bridgehead atoms. The third-order valence-electron chi connectivity index (χ3n) is 6.87. The van der Waals surface area contributed by atoms with Crippen molar-refractivity contribution in [3.05, 3.63) is 42.2 Å². The Morgan fingerprint density at radius 2 is 1.90 bits per heavy atom. The fourth-order valence-corrected chi connectivity index (χ4v) is 5.56. The van der Waals surface area contributed by atoms with Crippen LogP contribution in [0.1, 0.15) is 18.1 Å². The lowest BCUT2D eigenvalue weighted by molar-refractivity contribution is -0.137. The van der Waals surface area contributed by atoms with Crippen LogP contribution in [-0.4, -0.2) is 102 Å². The second kappa shape index (κ2) is 12.0. The molecular weight excluding hydrogens is 579 g/mol. The molecule has 0 aliphatic carbocycles. The summed E-state index contributed by atoms with van der Waals surface area (Å²) in [5.41, 5.74) is 0.0697. The van der Waals surface area contributed by atoms with Crippen LogP contribution in [0.15, 0.2) is 24.5 Å². The van der Waals surface area contributed by atoms with E-state index in [0.29, 0.717) is 63.8 Å². The maximum absolute atomic E-state index is 14.2. The third-order valence-corrected chi connectivity index (χ3v) is 8.14. The highest BCUT2D eigenvalue weighted by molar-refractivity contribution is 7.88. The van der Waals surface area contributed by atoms with E-state index in [1.807, 2.05) is 22.4 Å². The zero-order chi connectivity index (χ0) is 30.1. The number of rotatable bonds is 7. The van der Waals surface area contributed by atoms with Gasteiger partial charge in [-0.3, -0.25) is 10.2 Å². The lowest BCUT2D eigenvalue weighted by atomic mass is 10.1. The summed E-state index contributed by atoms with van der Waals surface area (Å²) in [6, 6.07) is 1.97. The van der Waals surface area contributed by atoms with Gasteiger partial charge in [-0.05, 0) is 24.6 Å². The summed E-state index contributed by atoms with van der Waals surface area (Å²) in [7, 11) is -3.29. The number of pyridine rings is 1. The number of carbonyl (C=O) groups is 1. The van der Waals surface area contributed by atoms with Crippen LogP contribution in [0.5, 0.6) is 0 Å². The molecule has 42 heavy (non-hydrogen) atoms. The maximum atomic E-state index is 14.2. The van der Waals surface area contributed by atoms with Crippen LogP contribution in [0.2, 0.25) is 0 Å². The quantitative estimate of drug-likeness (QED) is 0.412. The van der Waals surface area contributed by atoms with Gasteiger partial charge in [-0.25, -0.2) is 27.7 Å². The number of ether oxygens (including phenoxy) is 1. The van der Waals surface area contributed by atoms with Gasteiger partial charge in [-0.1, -0.05) is 0 Å². The number of halogens is 3. The molecule has 2 fully saturated rings. The summed E-state index contributed by atoms with van der Waals surface area (Å²) in [5.74, 6) is 0.0175. The number of hydrogen-bond acceptors (Lipinski definition) is 9. The summed E-state index contributed by atoms with van der Waals surface area (Å²) in [6.07, 6.45) is -0.866. The Labute approximate surface area is 240 Å². The number of sulfonamides is 1. The Hall–Kier alpha value is -3.54. The lowest BCUT2D eigenvalue weighted by Crippen LogP contribution is -2.45. The standard InChI is InChI=1S/C25H31F3N9O4S/c1-3-29-24(38)31-21-13-19(25(26,27)28)18(14-30-21)22-32-23(35-8-10-41-11-9-35)20-12-17(16-37(20)33-22)15-34-4-6-36(7-5-34)42(2,39)40/h4,12-14,16H,3,5-11,15H2,1-2H3,(H2,29,30,31,38). The van der Waals surface area contributed by atoms with Crippen molar-refractivity contribution in [1.82, 2.24) is 34.1 Å². The summed E-state index contributed by atoms with van der Waals surface area (Å²) < 4.78 is 74.8. The first kappa shape index (κ1) is 29.9. The molecule has 0 spiro atoms. The topological polar surface area (TPSA) is 137 Å². The Morgan fingerprint density at radius 1 is 1.14 bits per heavy atom. The molecule has 227 valence electrons. The molecule has 2 aliphatic rings. The molecule has 0 atom stereocenters. The molecule has 2 saturated heterocycles. The normalized spacial score (nSPS) is 17.5. The Balaban J connectivity index is 1.51. The number of urea groups is 1. The van der Waals surface area contributed by atoms with Gasteiger partial charge in [0, 0.05) is 64.8 Å². The van der Waals surface area contributed by atoms with Crippen molar-refractivity contribution in [2.45, 2.75) is 19.6 Å². The van der Waals surface area contributed by atoms with Crippen LogP contribution in [-0.2, 0) is 27.5 Å². The Bertz CT molecular complexity index is 1550. The molecule has 2 amide bonds. The maximum Gasteiger partial charge on any atom is 0.417 e. The van der Waals surface area contributed by atoms with E-state index in [-0.39, 0.29) is 23.8 Å². The monoisotopic (exact) mass is 610 g/mol.